The van der Waals surface area contributed by atoms with Gasteiger partial charge in [0.05, 0.1) is 9.79 Å². The third kappa shape index (κ3) is 6.93. The van der Waals surface area contributed by atoms with Crippen molar-refractivity contribution in [2.75, 3.05) is 0 Å². The molecule has 0 radical (unpaired) electrons. The third-order valence-corrected chi connectivity index (χ3v) is 5.10. The van der Waals surface area contributed by atoms with Crippen LogP contribution in [-0.2, 0) is 20.0 Å². The van der Waals surface area contributed by atoms with E-state index in [9.17, 15) is 16.8 Å². The molecule has 0 fully saturated rings. The van der Waals surface area contributed by atoms with Gasteiger partial charge in [0.25, 0.3) is 0 Å². The highest BCUT2D eigenvalue weighted by molar-refractivity contribution is 9.10. The van der Waals surface area contributed by atoms with E-state index >= 15 is 0 Å². The second-order valence-electron chi connectivity index (χ2n) is 4.61. The largest absolute Gasteiger partial charge is 0.238 e. The van der Waals surface area contributed by atoms with Gasteiger partial charge in [-0.05, 0) is 48.9 Å². The van der Waals surface area contributed by atoms with Crippen LogP contribution in [0, 0.1) is 0 Å². The monoisotopic (exact) mass is 432 g/mol. The van der Waals surface area contributed by atoms with Gasteiger partial charge < -0.3 is 0 Å². The van der Waals surface area contributed by atoms with Gasteiger partial charge in [0, 0.05) is 4.47 Å². The molecule has 0 bridgehead atoms. The summed E-state index contributed by atoms with van der Waals surface area (Å²) in [6, 6.07) is 12.5. The normalized spacial score (nSPS) is 11.8. The van der Waals surface area contributed by atoms with Crippen molar-refractivity contribution in [3.8, 4) is 0 Å². The molecule has 0 aliphatic heterocycles. The number of rotatable bonds is 3. The Morgan fingerprint density at radius 2 is 1.17 bits per heavy atom. The Morgan fingerprint density at radius 1 is 0.792 bits per heavy atom. The van der Waals surface area contributed by atoms with E-state index in [1.54, 1.807) is 24.3 Å². The van der Waals surface area contributed by atoms with Crippen LogP contribution in [0.25, 0.3) is 6.08 Å². The van der Waals surface area contributed by atoms with E-state index < -0.39 is 20.0 Å². The second kappa shape index (κ2) is 8.54. The lowest BCUT2D eigenvalue weighted by Gasteiger charge is -1.97. The van der Waals surface area contributed by atoms with Crippen LogP contribution in [0.4, 0.5) is 0 Å². The molecule has 24 heavy (non-hydrogen) atoms. The van der Waals surface area contributed by atoms with Gasteiger partial charge in [-0.3, -0.25) is 0 Å². The summed E-state index contributed by atoms with van der Waals surface area (Å²) in [7, 11) is -7.10. The van der Waals surface area contributed by atoms with Gasteiger partial charge in [0.1, 0.15) is 0 Å². The fourth-order valence-corrected chi connectivity index (χ4v) is 2.88. The number of sulfonamides is 2. The number of benzene rings is 2. The third-order valence-electron chi connectivity index (χ3n) is 2.71. The first-order valence-corrected chi connectivity index (χ1v) is 10.5. The van der Waals surface area contributed by atoms with Crippen molar-refractivity contribution in [2.24, 2.45) is 10.3 Å². The Balaban J connectivity index is 0.000000243. The fraction of sp³-hybridized carbons (Fsp3) is 0.0667. The van der Waals surface area contributed by atoms with Crippen LogP contribution in [0.1, 0.15) is 12.5 Å². The Hall–Kier alpha value is -1.52. The summed E-state index contributed by atoms with van der Waals surface area (Å²) in [5.41, 5.74) is 0.954. The summed E-state index contributed by atoms with van der Waals surface area (Å²) in [4.78, 5) is 0.265. The Kier molecular flexibility index (Phi) is 7.30. The van der Waals surface area contributed by atoms with E-state index in [0.29, 0.717) is 0 Å². The van der Waals surface area contributed by atoms with Gasteiger partial charge >= 0.3 is 0 Å². The van der Waals surface area contributed by atoms with Crippen molar-refractivity contribution < 1.29 is 16.8 Å². The highest BCUT2D eigenvalue weighted by Gasteiger charge is 2.06. The first kappa shape index (κ1) is 20.5. The Labute approximate surface area is 150 Å². The van der Waals surface area contributed by atoms with Gasteiger partial charge in [-0.1, -0.05) is 40.2 Å². The lowest BCUT2D eigenvalue weighted by molar-refractivity contribution is 0.596. The molecular weight excluding hydrogens is 416 g/mol. The average molecular weight is 433 g/mol. The summed E-state index contributed by atoms with van der Waals surface area (Å²) in [5, 5.41) is 9.80. The zero-order chi connectivity index (χ0) is 18.4. The first-order chi connectivity index (χ1) is 11.0. The summed E-state index contributed by atoms with van der Waals surface area (Å²) in [5.74, 6) is 0. The van der Waals surface area contributed by atoms with Crippen molar-refractivity contribution in [1.29, 1.82) is 0 Å². The minimum atomic E-state index is -3.56. The molecule has 2 aromatic carbocycles. The van der Waals surface area contributed by atoms with Gasteiger partial charge in [0.2, 0.25) is 20.0 Å². The zero-order valence-electron chi connectivity index (χ0n) is 12.8. The molecule has 4 N–H and O–H groups in total. The minimum Gasteiger partial charge on any atom is -0.225 e. The lowest BCUT2D eigenvalue weighted by Crippen LogP contribution is -2.11. The van der Waals surface area contributed by atoms with Gasteiger partial charge in [0.15, 0.2) is 0 Å². The molecule has 0 heterocycles. The number of nitrogens with two attached hydrogens (primary N) is 2. The molecule has 0 saturated carbocycles. The number of halogens is 1. The van der Waals surface area contributed by atoms with E-state index in [4.69, 9.17) is 10.3 Å². The van der Waals surface area contributed by atoms with Crippen molar-refractivity contribution in [2.45, 2.75) is 16.7 Å². The molecule has 0 spiro atoms. The smallest absolute Gasteiger partial charge is 0.225 e. The lowest BCUT2D eigenvalue weighted by atomic mass is 10.2. The van der Waals surface area contributed by atoms with Crippen molar-refractivity contribution >= 4 is 42.1 Å². The van der Waals surface area contributed by atoms with E-state index in [1.807, 2.05) is 19.1 Å². The van der Waals surface area contributed by atoms with Crippen LogP contribution in [-0.4, -0.2) is 16.8 Å². The van der Waals surface area contributed by atoms with Crippen LogP contribution in [0.2, 0.25) is 0 Å². The number of primary sulfonamides is 2. The fourth-order valence-electron chi connectivity index (χ4n) is 1.59. The molecule has 2 rings (SSSR count). The molecule has 0 aromatic heterocycles. The number of hydrogen-bond acceptors (Lipinski definition) is 4. The molecule has 6 nitrogen and oxygen atoms in total. The minimum absolute atomic E-state index is 0.126. The quantitative estimate of drug-likeness (QED) is 0.773. The summed E-state index contributed by atoms with van der Waals surface area (Å²) in [6.45, 7) is 1.90. The van der Waals surface area contributed by atoms with Crippen molar-refractivity contribution in [1.82, 2.24) is 0 Å². The second-order valence-corrected chi connectivity index (χ2v) is 8.65. The van der Waals surface area contributed by atoms with Crippen LogP contribution < -0.4 is 10.3 Å². The molecule has 130 valence electrons. The van der Waals surface area contributed by atoms with Crippen LogP contribution in [0.5, 0.6) is 0 Å². The number of hydrogen-bond donors (Lipinski definition) is 2. The molecular formula is C15H17BrN2O4S2. The van der Waals surface area contributed by atoms with Gasteiger partial charge in [-0.15, -0.1) is 0 Å². The zero-order valence-corrected chi connectivity index (χ0v) is 16.0. The van der Waals surface area contributed by atoms with Crippen molar-refractivity contribution in [3.05, 3.63) is 64.6 Å². The molecule has 0 saturated heterocycles. The molecule has 9 heteroatoms. The van der Waals surface area contributed by atoms with E-state index in [-0.39, 0.29) is 9.79 Å². The summed E-state index contributed by atoms with van der Waals surface area (Å²) in [6.07, 6.45) is 3.76. The highest BCUT2D eigenvalue weighted by atomic mass is 79.9. The summed E-state index contributed by atoms with van der Waals surface area (Å²) >= 11 is 3.18. The SMILES string of the molecule is C/C=C/c1ccc(S(N)(=O)=O)cc1.NS(=O)(=O)c1ccc(Br)cc1. The predicted octanol–water partition coefficient (Wildman–Crippen LogP) is 2.46. The van der Waals surface area contributed by atoms with Gasteiger partial charge in [-0.25, -0.2) is 27.1 Å². The average Bonchev–Trinajstić information content (AvgIpc) is 2.47. The topological polar surface area (TPSA) is 120 Å². The molecule has 2 aromatic rings. The van der Waals surface area contributed by atoms with Crippen LogP contribution in [0.3, 0.4) is 0 Å². The van der Waals surface area contributed by atoms with Gasteiger partial charge in [-0.2, -0.15) is 0 Å². The molecule has 0 unspecified atom stereocenters. The maximum atomic E-state index is 10.9. The molecule has 0 atom stereocenters. The van der Waals surface area contributed by atoms with E-state index in [1.165, 1.54) is 24.3 Å². The highest BCUT2D eigenvalue weighted by Crippen LogP contribution is 2.13. The standard InChI is InChI=1S/C9H11NO2S.C6H6BrNO2S/c1-2-3-8-4-6-9(7-5-8)13(10,11)12;7-5-1-3-6(4-2-5)11(8,9)10/h2-7H,1H3,(H2,10,11,12);1-4H,(H2,8,9,10)/b3-2+;. The maximum Gasteiger partial charge on any atom is 0.238 e. The number of allylic oxidation sites excluding steroid dienone is 1. The molecule has 0 aliphatic rings. The molecule has 0 amide bonds. The Bertz CT molecular complexity index is 905. The van der Waals surface area contributed by atoms with E-state index in [2.05, 4.69) is 15.9 Å². The predicted molar refractivity (Wildman–Crippen MR) is 98.0 cm³/mol. The van der Waals surface area contributed by atoms with Crippen LogP contribution in [0.15, 0.2) is 68.9 Å². The van der Waals surface area contributed by atoms with Crippen LogP contribution >= 0.6 is 15.9 Å². The molecule has 0 aliphatic carbocycles. The summed E-state index contributed by atoms with van der Waals surface area (Å²) < 4.78 is 44.0. The van der Waals surface area contributed by atoms with E-state index in [0.717, 1.165) is 10.0 Å². The van der Waals surface area contributed by atoms with Crippen molar-refractivity contribution in [3.63, 3.8) is 0 Å². The first-order valence-electron chi connectivity index (χ1n) is 6.58. The Morgan fingerprint density at radius 3 is 1.50 bits per heavy atom. The maximum absolute atomic E-state index is 10.9.